The van der Waals surface area contributed by atoms with E-state index in [9.17, 15) is 13.2 Å². The Balaban J connectivity index is 2.03. The van der Waals surface area contributed by atoms with Crippen LogP contribution < -0.4 is 9.47 Å². The lowest BCUT2D eigenvalue weighted by Gasteiger charge is -2.31. The van der Waals surface area contributed by atoms with Crippen LogP contribution in [0.4, 0.5) is 13.2 Å². The molecule has 2 atom stereocenters. The molecule has 0 N–H and O–H groups in total. The molecule has 0 saturated heterocycles. The highest BCUT2D eigenvalue weighted by Crippen LogP contribution is 2.35. The van der Waals surface area contributed by atoms with Gasteiger partial charge in [-0.2, -0.15) is 0 Å². The van der Waals surface area contributed by atoms with Crippen LogP contribution in [0, 0.1) is 11.8 Å². The molecular formula is C15H18BrF3O2. The molecule has 1 fully saturated rings. The average molecular weight is 367 g/mol. The highest BCUT2D eigenvalue weighted by atomic mass is 79.9. The van der Waals surface area contributed by atoms with Crippen LogP contribution in [0.15, 0.2) is 22.7 Å². The van der Waals surface area contributed by atoms with Crippen LogP contribution in [0.3, 0.4) is 0 Å². The molecule has 118 valence electrons. The summed E-state index contributed by atoms with van der Waals surface area (Å²) in [4.78, 5) is 0. The Bertz CT molecular complexity index is 480. The van der Waals surface area contributed by atoms with E-state index in [0.717, 1.165) is 12.8 Å². The van der Waals surface area contributed by atoms with Gasteiger partial charge < -0.3 is 9.47 Å². The molecule has 1 saturated carbocycles. The average Bonchev–Trinajstić information content (AvgIpc) is 2.30. The van der Waals surface area contributed by atoms with Crippen molar-refractivity contribution in [2.24, 2.45) is 11.8 Å². The molecule has 2 rings (SSSR count). The maximum absolute atomic E-state index is 12.2. The van der Waals surface area contributed by atoms with Gasteiger partial charge in [0.2, 0.25) is 0 Å². The molecule has 2 nitrogen and oxygen atoms in total. The fourth-order valence-corrected chi connectivity index (χ4v) is 3.36. The van der Waals surface area contributed by atoms with Gasteiger partial charge in [0.05, 0.1) is 10.6 Å². The van der Waals surface area contributed by atoms with Gasteiger partial charge in [-0.1, -0.05) is 13.8 Å². The largest absolute Gasteiger partial charge is 0.573 e. The van der Waals surface area contributed by atoms with Crippen molar-refractivity contribution >= 4 is 15.9 Å². The predicted molar refractivity (Wildman–Crippen MR) is 77.4 cm³/mol. The second kappa shape index (κ2) is 6.46. The second-order valence-corrected chi connectivity index (χ2v) is 6.65. The molecule has 21 heavy (non-hydrogen) atoms. The van der Waals surface area contributed by atoms with Crippen molar-refractivity contribution in [2.45, 2.75) is 45.6 Å². The molecule has 0 heterocycles. The van der Waals surface area contributed by atoms with Gasteiger partial charge in [-0.3, -0.25) is 0 Å². The van der Waals surface area contributed by atoms with E-state index < -0.39 is 6.36 Å². The summed E-state index contributed by atoms with van der Waals surface area (Å²) in [6.45, 7) is 4.39. The highest BCUT2D eigenvalue weighted by Gasteiger charge is 2.32. The molecule has 1 aromatic rings. The predicted octanol–water partition coefficient (Wildman–Crippen LogP) is 5.55. The summed E-state index contributed by atoms with van der Waals surface area (Å²) < 4.78 is 46.7. The highest BCUT2D eigenvalue weighted by molar-refractivity contribution is 9.10. The standard InChI is InChI=1S/C15H18BrF3O2/c1-9-5-10(2)7-12(6-9)20-11-3-4-14(13(16)8-11)21-15(17,18)19/h3-4,8-10,12H,5-7H2,1-2H3. The molecule has 0 radical (unpaired) electrons. The van der Waals surface area contributed by atoms with E-state index in [-0.39, 0.29) is 16.3 Å². The maximum Gasteiger partial charge on any atom is 0.573 e. The fraction of sp³-hybridized carbons (Fsp3) is 0.600. The van der Waals surface area contributed by atoms with E-state index in [4.69, 9.17) is 4.74 Å². The molecule has 1 aromatic carbocycles. The van der Waals surface area contributed by atoms with Crippen molar-refractivity contribution in [1.82, 2.24) is 0 Å². The van der Waals surface area contributed by atoms with E-state index in [1.54, 1.807) is 0 Å². The summed E-state index contributed by atoms with van der Waals surface area (Å²) in [6.07, 6.45) is -1.43. The number of halogens is 4. The number of ether oxygens (including phenoxy) is 2. The smallest absolute Gasteiger partial charge is 0.490 e. The third-order valence-corrected chi connectivity index (χ3v) is 4.19. The van der Waals surface area contributed by atoms with Gasteiger partial charge in [0.15, 0.2) is 0 Å². The minimum atomic E-state index is -4.70. The SMILES string of the molecule is CC1CC(C)CC(Oc2ccc(OC(F)(F)F)c(Br)c2)C1. The Labute approximate surface area is 130 Å². The summed E-state index contributed by atoms with van der Waals surface area (Å²) in [5, 5.41) is 0. The summed E-state index contributed by atoms with van der Waals surface area (Å²) >= 11 is 3.08. The minimum absolute atomic E-state index is 0.116. The number of benzene rings is 1. The number of rotatable bonds is 3. The van der Waals surface area contributed by atoms with Gasteiger partial charge in [0, 0.05) is 0 Å². The Hall–Kier alpha value is -0.910. The number of hydrogen-bond donors (Lipinski definition) is 0. The molecule has 1 aliphatic carbocycles. The quantitative estimate of drug-likeness (QED) is 0.697. The van der Waals surface area contributed by atoms with Crippen LogP contribution in [-0.4, -0.2) is 12.5 Å². The summed E-state index contributed by atoms with van der Waals surface area (Å²) in [5.74, 6) is 1.51. The van der Waals surface area contributed by atoms with Crippen LogP contribution in [-0.2, 0) is 0 Å². The first-order chi connectivity index (χ1) is 9.73. The molecule has 6 heteroatoms. The molecule has 0 aromatic heterocycles. The number of hydrogen-bond acceptors (Lipinski definition) is 2. The molecule has 1 aliphatic rings. The van der Waals surface area contributed by atoms with E-state index >= 15 is 0 Å². The van der Waals surface area contributed by atoms with Crippen molar-refractivity contribution in [1.29, 1.82) is 0 Å². The van der Waals surface area contributed by atoms with E-state index in [1.165, 1.54) is 24.6 Å². The maximum atomic E-state index is 12.2. The summed E-state index contributed by atoms with van der Waals surface area (Å²) in [6, 6.07) is 4.30. The molecule has 0 bridgehead atoms. The van der Waals surface area contributed by atoms with Gasteiger partial charge in [-0.05, 0) is 65.2 Å². The zero-order chi connectivity index (χ0) is 15.6. The lowest BCUT2D eigenvalue weighted by atomic mass is 9.82. The second-order valence-electron chi connectivity index (χ2n) is 5.80. The van der Waals surface area contributed by atoms with Crippen LogP contribution in [0.2, 0.25) is 0 Å². The normalized spacial score (nSPS) is 26.5. The zero-order valence-corrected chi connectivity index (χ0v) is 13.5. The first-order valence-electron chi connectivity index (χ1n) is 6.95. The van der Waals surface area contributed by atoms with Crippen molar-refractivity contribution < 1.29 is 22.6 Å². The van der Waals surface area contributed by atoms with Gasteiger partial charge in [0.25, 0.3) is 0 Å². The van der Waals surface area contributed by atoms with Gasteiger partial charge in [-0.25, -0.2) is 0 Å². The lowest BCUT2D eigenvalue weighted by Crippen LogP contribution is -2.28. The fourth-order valence-electron chi connectivity index (χ4n) is 2.92. The van der Waals surface area contributed by atoms with Gasteiger partial charge >= 0.3 is 6.36 Å². The third kappa shape index (κ3) is 5.09. The monoisotopic (exact) mass is 366 g/mol. The zero-order valence-electron chi connectivity index (χ0n) is 11.9. The molecule has 2 unspecified atom stereocenters. The van der Waals surface area contributed by atoms with Gasteiger partial charge in [0.1, 0.15) is 11.5 Å². The Morgan fingerprint density at radius 3 is 2.24 bits per heavy atom. The molecule has 0 aliphatic heterocycles. The van der Waals surface area contributed by atoms with Crippen LogP contribution in [0.25, 0.3) is 0 Å². The first-order valence-corrected chi connectivity index (χ1v) is 7.74. The topological polar surface area (TPSA) is 18.5 Å². The van der Waals surface area contributed by atoms with Crippen molar-refractivity contribution in [2.75, 3.05) is 0 Å². The van der Waals surface area contributed by atoms with Crippen LogP contribution >= 0.6 is 15.9 Å². The third-order valence-electron chi connectivity index (χ3n) is 3.57. The van der Waals surface area contributed by atoms with E-state index in [1.807, 2.05) is 0 Å². The van der Waals surface area contributed by atoms with E-state index in [2.05, 4.69) is 34.5 Å². The molecule has 0 amide bonds. The molecular weight excluding hydrogens is 349 g/mol. The van der Waals surface area contributed by atoms with Crippen molar-refractivity contribution in [3.63, 3.8) is 0 Å². The van der Waals surface area contributed by atoms with Crippen LogP contribution in [0.1, 0.15) is 33.1 Å². The Kier molecular flexibility index (Phi) is 5.07. The Morgan fingerprint density at radius 1 is 1.10 bits per heavy atom. The Morgan fingerprint density at radius 2 is 1.71 bits per heavy atom. The summed E-state index contributed by atoms with van der Waals surface area (Å²) in [5.41, 5.74) is 0. The van der Waals surface area contributed by atoms with E-state index in [0.29, 0.717) is 17.6 Å². The first kappa shape index (κ1) is 16.5. The van der Waals surface area contributed by atoms with Crippen molar-refractivity contribution in [3.8, 4) is 11.5 Å². The number of alkyl halides is 3. The minimum Gasteiger partial charge on any atom is -0.490 e. The molecule has 0 spiro atoms. The summed E-state index contributed by atoms with van der Waals surface area (Å²) in [7, 11) is 0. The van der Waals surface area contributed by atoms with Gasteiger partial charge in [-0.15, -0.1) is 13.2 Å². The van der Waals surface area contributed by atoms with Crippen LogP contribution in [0.5, 0.6) is 11.5 Å². The van der Waals surface area contributed by atoms with Crippen molar-refractivity contribution in [3.05, 3.63) is 22.7 Å². The lowest BCUT2D eigenvalue weighted by molar-refractivity contribution is -0.274.